The Hall–Kier alpha value is -1.31. The van der Waals surface area contributed by atoms with Crippen LogP contribution in [-0.2, 0) is 11.2 Å². The molecule has 0 bridgehead atoms. The molecular formula is C10H12NO. The Morgan fingerprint density at radius 3 is 2.83 bits per heavy atom. The largest absolute Gasteiger partial charge is 0.316 e. The van der Waals surface area contributed by atoms with Crippen LogP contribution in [0.2, 0.25) is 0 Å². The third kappa shape index (κ3) is 1.84. The predicted octanol–water partition coefficient (Wildman–Crippen LogP) is 1.75. The summed E-state index contributed by atoms with van der Waals surface area (Å²) in [6.07, 6.45) is 2.80. The van der Waals surface area contributed by atoms with Crippen molar-refractivity contribution in [1.29, 1.82) is 0 Å². The van der Waals surface area contributed by atoms with Crippen LogP contribution in [0.4, 0.5) is 5.69 Å². The second-order valence-corrected chi connectivity index (χ2v) is 2.67. The number of amides is 1. The summed E-state index contributed by atoms with van der Waals surface area (Å²) in [5, 5.41) is 0. The van der Waals surface area contributed by atoms with Crippen molar-refractivity contribution in [2.45, 2.75) is 13.3 Å². The summed E-state index contributed by atoms with van der Waals surface area (Å²) in [6, 6.07) is 7.87. The molecule has 12 heavy (non-hydrogen) atoms. The third-order valence-electron chi connectivity index (χ3n) is 1.84. The predicted molar refractivity (Wildman–Crippen MR) is 49.9 cm³/mol. The molecule has 63 valence electrons. The normalized spacial score (nSPS) is 9.50. The van der Waals surface area contributed by atoms with Gasteiger partial charge in [-0.05, 0) is 24.1 Å². The highest BCUT2D eigenvalue weighted by molar-refractivity contribution is 5.74. The Bertz CT molecular complexity index is 270. The average molecular weight is 162 g/mol. The Morgan fingerprint density at radius 1 is 1.50 bits per heavy atom. The van der Waals surface area contributed by atoms with Crippen LogP contribution in [0, 0.1) is 0 Å². The highest BCUT2D eigenvalue weighted by atomic mass is 16.1. The van der Waals surface area contributed by atoms with Crippen LogP contribution in [0.1, 0.15) is 12.5 Å². The molecule has 0 unspecified atom stereocenters. The van der Waals surface area contributed by atoms with Crippen LogP contribution in [0.3, 0.4) is 0 Å². The Labute approximate surface area is 72.8 Å². The van der Waals surface area contributed by atoms with E-state index >= 15 is 0 Å². The van der Waals surface area contributed by atoms with E-state index in [2.05, 4.69) is 6.92 Å². The maximum atomic E-state index is 10.3. The molecule has 0 N–H and O–H groups in total. The first-order valence-electron chi connectivity index (χ1n) is 3.98. The van der Waals surface area contributed by atoms with Crippen LogP contribution in [0.25, 0.3) is 0 Å². The zero-order valence-electron chi connectivity index (χ0n) is 7.37. The lowest BCUT2D eigenvalue weighted by Crippen LogP contribution is -2.13. The lowest BCUT2D eigenvalue weighted by molar-refractivity contribution is 0.554. The number of aryl methyl sites for hydroxylation is 1. The molecule has 1 radical (unpaired) electrons. The minimum Gasteiger partial charge on any atom is -0.307 e. The first kappa shape index (κ1) is 8.78. The summed E-state index contributed by atoms with van der Waals surface area (Å²) >= 11 is 0. The molecule has 0 saturated carbocycles. The van der Waals surface area contributed by atoms with E-state index in [4.69, 9.17) is 0 Å². The van der Waals surface area contributed by atoms with Crippen LogP contribution in [-0.4, -0.2) is 13.5 Å². The summed E-state index contributed by atoms with van der Waals surface area (Å²) < 4.78 is 0. The molecule has 0 aliphatic carbocycles. The number of hydrogen-bond acceptors (Lipinski definition) is 1. The summed E-state index contributed by atoms with van der Waals surface area (Å²) in [6.45, 7) is 2.09. The van der Waals surface area contributed by atoms with Gasteiger partial charge in [-0.25, -0.2) is 0 Å². The maximum absolute atomic E-state index is 10.3. The number of benzene rings is 1. The maximum Gasteiger partial charge on any atom is 0.316 e. The average Bonchev–Trinajstić information content (AvgIpc) is 2.17. The Balaban J connectivity index is 2.93. The lowest BCUT2D eigenvalue weighted by Gasteiger charge is -2.09. The van der Waals surface area contributed by atoms with Crippen molar-refractivity contribution in [3.8, 4) is 0 Å². The number of hydrogen-bond donors (Lipinski definition) is 0. The van der Waals surface area contributed by atoms with Crippen molar-refractivity contribution in [3.05, 3.63) is 29.8 Å². The molecule has 0 aliphatic heterocycles. The van der Waals surface area contributed by atoms with Gasteiger partial charge in [0.05, 0.1) is 0 Å². The van der Waals surface area contributed by atoms with Crippen molar-refractivity contribution in [1.82, 2.24) is 0 Å². The van der Waals surface area contributed by atoms with Crippen molar-refractivity contribution >= 4 is 12.1 Å². The standard InChI is InChI=1S/C10H12NO/c1-3-9-5-4-6-10(7-9)11(2)8-12/h4-7H,3H2,1-2H3. The van der Waals surface area contributed by atoms with E-state index < -0.39 is 0 Å². The third-order valence-corrected chi connectivity index (χ3v) is 1.84. The molecular weight excluding hydrogens is 150 g/mol. The number of nitrogens with zero attached hydrogens (tertiary/aromatic N) is 1. The van der Waals surface area contributed by atoms with Gasteiger partial charge >= 0.3 is 6.41 Å². The molecule has 1 aromatic rings. The fraction of sp³-hybridized carbons (Fsp3) is 0.300. The van der Waals surface area contributed by atoms with E-state index in [0.717, 1.165) is 12.1 Å². The van der Waals surface area contributed by atoms with Crippen molar-refractivity contribution in [3.63, 3.8) is 0 Å². The Morgan fingerprint density at radius 2 is 2.25 bits per heavy atom. The van der Waals surface area contributed by atoms with E-state index in [1.165, 1.54) is 10.5 Å². The molecule has 0 heterocycles. The monoisotopic (exact) mass is 162 g/mol. The molecule has 2 nitrogen and oxygen atoms in total. The van der Waals surface area contributed by atoms with E-state index in [-0.39, 0.29) is 0 Å². The van der Waals surface area contributed by atoms with Crippen molar-refractivity contribution in [2.24, 2.45) is 0 Å². The van der Waals surface area contributed by atoms with Gasteiger partial charge in [-0.3, -0.25) is 4.79 Å². The molecule has 1 rings (SSSR count). The fourth-order valence-corrected chi connectivity index (χ4v) is 1.04. The minimum absolute atomic E-state index is 0.893. The molecule has 2 heteroatoms. The quantitative estimate of drug-likeness (QED) is 0.620. The fourth-order valence-electron chi connectivity index (χ4n) is 1.04. The number of anilines is 1. The van der Waals surface area contributed by atoms with Gasteiger partial charge in [0.25, 0.3) is 0 Å². The Kier molecular flexibility index (Phi) is 2.86. The molecule has 1 aromatic carbocycles. The highest BCUT2D eigenvalue weighted by Crippen LogP contribution is 2.13. The summed E-state index contributed by atoms with van der Waals surface area (Å²) in [5.41, 5.74) is 2.12. The molecule has 0 aromatic heterocycles. The molecule has 0 saturated heterocycles. The van der Waals surface area contributed by atoms with Crippen molar-refractivity contribution in [2.75, 3.05) is 11.9 Å². The first-order valence-corrected chi connectivity index (χ1v) is 3.98. The summed E-state index contributed by atoms with van der Waals surface area (Å²) in [4.78, 5) is 11.7. The van der Waals surface area contributed by atoms with Gasteiger partial charge in [-0.15, -0.1) is 0 Å². The SMILES string of the molecule is CCc1cccc(N(C)[C]=O)c1. The van der Waals surface area contributed by atoms with Gasteiger partial charge in [-0.2, -0.15) is 0 Å². The summed E-state index contributed by atoms with van der Waals surface area (Å²) in [7, 11) is 1.70. The number of carbonyl (C=O) groups excluding carboxylic acids is 1. The zero-order valence-corrected chi connectivity index (χ0v) is 7.37. The molecule has 0 atom stereocenters. The second kappa shape index (κ2) is 3.90. The van der Waals surface area contributed by atoms with E-state index in [1.807, 2.05) is 30.7 Å². The van der Waals surface area contributed by atoms with Crippen LogP contribution >= 0.6 is 0 Å². The van der Waals surface area contributed by atoms with Crippen LogP contribution in [0.15, 0.2) is 24.3 Å². The van der Waals surface area contributed by atoms with Gasteiger partial charge in [0.2, 0.25) is 0 Å². The highest BCUT2D eigenvalue weighted by Gasteiger charge is 1.98. The first-order chi connectivity index (χ1) is 5.77. The van der Waals surface area contributed by atoms with Gasteiger partial charge in [0.1, 0.15) is 0 Å². The van der Waals surface area contributed by atoms with E-state index in [9.17, 15) is 4.79 Å². The van der Waals surface area contributed by atoms with Crippen LogP contribution in [0.5, 0.6) is 0 Å². The minimum atomic E-state index is 0.893. The lowest BCUT2D eigenvalue weighted by atomic mass is 10.1. The zero-order chi connectivity index (χ0) is 8.97. The molecule has 0 aliphatic rings. The van der Waals surface area contributed by atoms with Gasteiger partial charge in [0.15, 0.2) is 0 Å². The molecule has 1 amide bonds. The topological polar surface area (TPSA) is 20.3 Å². The van der Waals surface area contributed by atoms with Gasteiger partial charge in [0, 0.05) is 12.7 Å². The van der Waals surface area contributed by atoms with Gasteiger partial charge < -0.3 is 4.90 Å². The summed E-state index contributed by atoms with van der Waals surface area (Å²) in [5.74, 6) is 0. The molecule has 0 fully saturated rings. The number of rotatable bonds is 3. The van der Waals surface area contributed by atoms with Crippen molar-refractivity contribution < 1.29 is 4.79 Å². The second-order valence-electron chi connectivity index (χ2n) is 2.67. The van der Waals surface area contributed by atoms with Gasteiger partial charge in [-0.1, -0.05) is 19.1 Å². The van der Waals surface area contributed by atoms with E-state index in [1.54, 1.807) is 7.05 Å². The molecule has 0 spiro atoms. The van der Waals surface area contributed by atoms with Crippen LogP contribution < -0.4 is 4.90 Å². The smallest absolute Gasteiger partial charge is 0.307 e. The van der Waals surface area contributed by atoms with E-state index in [0.29, 0.717) is 0 Å².